The van der Waals surface area contributed by atoms with E-state index in [-0.39, 0.29) is 5.41 Å². The Balaban J connectivity index is 0.000000224. The van der Waals surface area contributed by atoms with E-state index in [4.69, 9.17) is 0 Å². The average Bonchev–Trinajstić information content (AvgIpc) is 2.97. The number of rotatable bonds is 3. The molecule has 0 aliphatic heterocycles. The van der Waals surface area contributed by atoms with Gasteiger partial charge in [-0.15, -0.1) is 0 Å². The molecule has 0 spiro atoms. The summed E-state index contributed by atoms with van der Waals surface area (Å²) in [6, 6.07) is 25.7. The van der Waals surface area contributed by atoms with Crippen molar-refractivity contribution in [1.82, 2.24) is 0 Å². The number of fused-ring (bicyclic) bond motifs is 3. The van der Waals surface area contributed by atoms with Crippen molar-refractivity contribution in [3.05, 3.63) is 120 Å². The Morgan fingerprint density at radius 2 is 1.41 bits per heavy atom. The zero-order valence-corrected chi connectivity index (χ0v) is 18.0. The van der Waals surface area contributed by atoms with Gasteiger partial charge in [-0.25, -0.2) is 0 Å². The molecule has 0 heterocycles. The Kier molecular flexibility index (Phi) is 6.03. The van der Waals surface area contributed by atoms with E-state index >= 15 is 0 Å². The molecule has 1 aliphatic carbocycles. The normalized spacial score (nSPS) is 13.6. The number of hydrogen-bond donors (Lipinski definition) is 0. The molecule has 3 aromatic rings. The molecule has 0 N–H and O–H groups in total. The van der Waals surface area contributed by atoms with Crippen molar-refractivity contribution in [2.75, 3.05) is 0 Å². The van der Waals surface area contributed by atoms with E-state index < -0.39 is 0 Å². The minimum absolute atomic E-state index is 0.0920. The highest BCUT2D eigenvalue weighted by atomic mass is 14.4. The summed E-state index contributed by atoms with van der Waals surface area (Å²) in [6.45, 7) is 16.4. The van der Waals surface area contributed by atoms with Gasteiger partial charge in [0.25, 0.3) is 0 Å². The molecule has 0 atom stereocenters. The Morgan fingerprint density at radius 3 is 2.00 bits per heavy atom. The second-order valence-corrected chi connectivity index (χ2v) is 8.03. The molecule has 0 bridgehead atoms. The number of hydrogen-bond acceptors (Lipinski definition) is 0. The van der Waals surface area contributed by atoms with Gasteiger partial charge in [0.1, 0.15) is 0 Å². The molecular weight excluding hydrogens is 348 g/mol. The van der Waals surface area contributed by atoms with Gasteiger partial charge in [-0.3, -0.25) is 0 Å². The van der Waals surface area contributed by atoms with Crippen LogP contribution in [0.15, 0.2) is 98.1 Å². The van der Waals surface area contributed by atoms with Crippen LogP contribution >= 0.6 is 0 Å². The highest BCUT2D eigenvalue weighted by molar-refractivity contribution is 5.85. The van der Waals surface area contributed by atoms with Gasteiger partial charge in [-0.05, 0) is 58.9 Å². The lowest BCUT2D eigenvalue weighted by atomic mass is 9.82. The Bertz CT molecular complexity index is 1060. The minimum atomic E-state index is 0.0920. The van der Waals surface area contributed by atoms with Crippen molar-refractivity contribution >= 4 is 11.1 Å². The molecule has 4 rings (SSSR count). The first kappa shape index (κ1) is 20.6. The summed E-state index contributed by atoms with van der Waals surface area (Å²) in [5.74, 6) is 0. The molecular formula is C29H30. The summed E-state index contributed by atoms with van der Waals surface area (Å²) in [4.78, 5) is 0. The fourth-order valence-corrected chi connectivity index (χ4v) is 4.02. The second-order valence-electron chi connectivity index (χ2n) is 8.03. The minimum Gasteiger partial charge on any atom is -0.0985 e. The van der Waals surface area contributed by atoms with Crippen molar-refractivity contribution in [2.24, 2.45) is 0 Å². The zero-order chi connectivity index (χ0) is 21.0. The first-order valence-electron chi connectivity index (χ1n) is 10.1. The number of allylic oxidation sites excluding steroid dienone is 4. The third-order valence-electron chi connectivity index (χ3n) is 5.71. The molecule has 0 unspecified atom stereocenters. The highest BCUT2D eigenvalue weighted by Gasteiger charge is 2.34. The molecule has 146 valence electrons. The van der Waals surface area contributed by atoms with Gasteiger partial charge in [0.2, 0.25) is 0 Å². The third kappa shape index (κ3) is 4.03. The summed E-state index contributed by atoms with van der Waals surface area (Å²) >= 11 is 0. The van der Waals surface area contributed by atoms with Crippen LogP contribution in [0.2, 0.25) is 0 Å². The van der Waals surface area contributed by atoms with Crippen molar-refractivity contribution in [3.63, 3.8) is 0 Å². The molecule has 0 aromatic heterocycles. The average molecular weight is 379 g/mol. The van der Waals surface area contributed by atoms with E-state index in [1.54, 1.807) is 0 Å². The first-order chi connectivity index (χ1) is 13.9. The Labute approximate surface area is 175 Å². The molecule has 29 heavy (non-hydrogen) atoms. The van der Waals surface area contributed by atoms with Crippen LogP contribution in [-0.2, 0) is 5.41 Å². The molecule has 0 saturated carbocycles. The maximum atomic E-state index is 3.91. The monoisotopic (exact) mass is 378 g/mol. The van der Waals surface area contributed by atoms with Crippen LogP contribution in [-0.4, -0.2) is 0 Å². The summed E-state index contributed by atoms with van der Waals surface area (Å²) < 4.78 is 0. The maximum absolute atomic E-state index is 3.91. The number of benzene rings is 3. The molecule has 0 saturated heterocycles. The molecule has 0 radical (unpaired) electrons. The van der Waals surface area contributed by atoms with Crippen molar-refractivity contribution in [1.29, 1.82) is 0 Å². The van der Waals surface area contributed by atoms with Crippen LogP contribution in [0.1, 0.15) is 49.9 Å². The highest BCUT2D eigenvalue weighted by Crippen LogP contribution is 2.49. The van der Waals surface area contributed by atoms with Crippen LogP contribution in [0.5, 0.6) is 0 Å². The molecule has 3 aromatic carbocycles. The zero-order valence-electron chi connectivity index (χ0n) is 18.0. The fourth-order valence-electron chi connectivity index (χ4n) is 4.02. The smallest absolute Gasteiger partial charge is 0.0158 e. The van der Waals surface area contributed by atoms with E-state index in [0.717, 1.165) is 5.57 Å². The lowest BCUT2D eigenvalue weighted by Gasteiger charge is -2.21. The van der Waals surface area contributed by atoms with E-state index in [1.807, 2.05) is 31.2 Å². The standard InChI is InChI=1S/C20H20.C9H10/c1-5-14(6-2)15-11-12-19-17(13-15)16-9-7-8-10-18(16)20(19,3)4;1-8(2)9-6-4-3-5-7-9/h5-13H,1H2,2-4H3;3-7H,1H2,2H3/b14-6+;. The van der Waals surface area contributed by atoms with Gasteiger partial charge >= 0.3 is 0 Å². The molecule has 0 heteroatoms. The fraction of sp³-hybridized carbons (Fsp3) is 0.172. The van der Waals surface area contributed by atoms with E-state index in [2.05, 4.69) is 94.6 Å². The van der Waals surface area contributed by atoms with E-state index in [9.17, 15) is 0 Å². The van der Waals surface area contributed by atoms with Crippen LogP contribution in [0, 0.1) is 0 Å². The molecule has 0 amide bonds. The Hall–Kier alpha value is -3.12. The quantitative estimate of drug-likeness (QED) is 0.402. The molecule has 1 aliphatic rings. The van der Waals surface area contributed by atoms with Crippen LogP contribution < -0.4 is 0 Å². The third-order valence-corrected chi connectivity index (χ3v) is 5.71. The largest absolute Gasteiger partial charge is 0.0985 e. The molecule has 0 nitrogen and oxygen atoms in total. The summed E-state index contributed by atoms with van der Waals surface area (Å²) in [7, 11) is 0. The van der Waals surface area contributed by atoms with Gasteiger partial charge in [0, 0.05) is 5.41 Å². The SMILES string of the molecule is C=C(C)c1ccccc1.C=C/C(=C\C)c1ccc2c(c1)-c1ccccc1C2(C)C. The predicted octanol–water partition coefficient (Wildman–Crippen LogP) is 8.30. The lowest BCUT2D eigenvalue weighted by molar-refractivity contribution is 0.660. The molecule has 0 fully saturated rings. The van der Waals surface area contributed by atoms with Crippen molar-refractivity contribution in [3.8, 4) is 11.1 Å². The lowest BCUT2D eigenvalue weighted by Crippen LogP contribution is -2.14. The van der Waals surface area contributed by atoms with Gasteiger partial charge in [-0.2, -0.15) is 0 Å². The van der Waals surface area contributed by atoms with Gasteiger partial charge in [0.15, 0.2) is 0 Å². The van der Waals surface area contributed by atoms with Crippen molar-refractivity contribution < 1.29 is 0 Å². The van der Waals surface area contributed by atoms with Gasteiger partial charge in [0.05, 0.1) is 0 Å². The van der Waals surface area contributed by atoms with Crippen molar-refractivity contribution in [2.45, 2.75) is 33.1 Å². The van der Waals surface area contributed by atoms with Crippen LogP contribution in [0.4, 0.5) is 0 Å². The summed E-state index contributed by atoms with van der Waals surface area (Å²) in [6.07, 6.45) is 4.04. The topological polar surface area (TPSA) is 0 Å². The van der Waals surface area contributed by atoms with Gasteiger partial charge < -0.3 is 0 Å². The van der Waals surface area contributed by atoms with Crippen LogP contribution in [0.25, 0.3) is 22.3 Å². The summed E-state index contributed by atoms with van der Waals surface area (Å²) in [5.41, 5.74) is 10.4. The van der Waals surface area contributed by atoms with Crippen LogP contribution in [0.3, 0.4) is 0 Å². The van der Waals surface area contributed by atoms with E-state index in [1.165, 1.54) is 39.0 Å². The Morgan fingerprint density at radius 1 is 0.793 bits per heavy atom. The van der Waals surface area contributed by atoms with Gasteiger partial charge in [-0.1, -0.05) is 111 Å². The van der Waals surface area contributed by atoms with E-state index in [0.29, 0.717) is 0 Å². The predicted molar refractivity (Wildman–Crippen MR) is 129 cm³/mol. The second kappa shape index (κ2) is 8.49. The maximum Gasteiger partial charge on any atom is 0.0158 e. The first-order valence-corrected chi connectivity index (χ1v) is 10.1. The summed E-state index contributed by atoms with van der Waals surface area (Å²) in [5, 5.41) is 0.